The summed E-state index contributed by atoms with van der Waals surface area (Å²) in [5.74, 6) is -2.33. The number of aliphatic carboxylic acids is 1. The lowest BCUT2D eigenvalue weighted by molar-refractivity contribution is -0.192. The summed E-state index contributed by atoms with van der Waals surface area (Å²) < 4.78 is 38.9. The van der Waals surface area contributed by atoms with Crippen molar-refractivity contribution in [3.05, 3.63) is 58.7 Å². The Bertz CT molecular complexity index is 1000. The van der Waals surface area contributed by atoms with Crippen LogP contribution in [0.3, 0.4) is 0 Å². The molecule has 0 aliphatic carbocycles. The molecule has 1 atom stereocenters. The summed E-state index contributed by atoms with van der Waals surface area (Å²) in [6, 6.07) is 5.44. The number of carbonyl (C=O) groups excluding carboxylic acids is 1. The van der Waals surface area contributed by atoms with Crippen LogP contribution in [0.25, 0.3) is 0 Å². The topological polar surface area (TPSA) is 113 Å². The number of fused-ring (bicyclic) bond motifs is 1. The minimum Gasteiger partial charge on any atom is -0.475 e. The van der Waals surface area contributed by atoms with E-state index >= 15 is 0 Å². The van der Waals surface area contributed by atoms with Crippen LogP contribution in [0, 0.1) is 5.92 Å². The maximum atomic E-state index is 12.1. The van der Waals surface area contributed by atoms with Crippen LogP contribution < -0.4 is 5.32 Å². The summed E-state index contributed by atoms with van der Waals surface area (Å²) >= 11 is 1.67. The number of nitrogens with one attached hydrogen (secondary N) is 1. The van der Waals surface area contributed by atoms with Crippen molar-refractivity contribution in [2.24, 2.45) is 5.92 Å². The summed E-state index contributed by atoms with van der Waals surface area (Å²) in [4.78, 5) is 27.8. The summed E-state index contributed by atoms with van der Waals surface area (Å²) in [6.07, 6.45) is 0.0934. The number of halogens is 3. The number of nitrogens with zero attached hydrogens (tertiary/aromatic N) is 4. The largest absolute Gasteiger partial charge is 0.490 e. The molecule has 0 bridgehead atoms. The molecule has 1 unspecified atom stereocenters. The van der Waals surface area contributed by atoms with E-state index in [1.807, 2.05) is 22.5 Å². The number of alkyl halides is 3. The number of amides is 1. The third-order valence-electron chi connectivity index (χ3n) is 4.52. The number of carboxylic acid groups (broad SMARTS) is 1. The Hall–Kier alpha value is -3.19. The lowest BCUT2D eigenvalue weighted by Gasteiger charge is -2.23. The number of aromatic nitrogens is 3. The maximum Gasteiger partial charge on any atom is 0.490 e. The monoisotopic (exact) mass is 471 g/mol. The molecule has 9 nitrogen and oxygen atoms in total. The molecule has 172 valence electrons. The molecule has 0 saturated heterocycles. The molecular formula is C19H20F3N5O4S. The fourth-order valence-corrected chi connectivity index (χ4v) is 3.78. The first kappa shape index (κ1) is 23.5. The van der Waals surface area contributed by atoms with Gasteiger partial charge in [-0.2, -0.15) is 18.3 Å². The van der Waals surface area contributed by atoms with E-state index < -0.39 is 12.1 Å². The lowest BCUT2D eigenvalue weighted by Crippen LogP contribution is -2.36. The predicted octanol–water partition coefficient (Wildman–Crippen LogP) is 2.63. The Labute approximate surface area is 184 Å². The Morgan fingerprint density at radius 3 is 2.69 bits per heavy atom. The maximum absolute atomic E-state index is 12.1. The average Bonchev–Trinajstić information content (AvgIpc) is 3.48. The standard InChI is InChI=1S/C17H19N5O2S.C2HF3O2/c23-17(15-2-1-6-24-15)19-8-13-9-21(12-16-18-5-7-25-16)11-14-3-4-20-22(14)10-13;3-2(4,5)1(6)7/h1-7,13H,8-12H2,(H,19,23);(H,6,7). The first-order valence-corrected chi connectivity index (χ1v) is 10.3. The number of hydrogen-bond donors (Lipinski definition) is 2. The molecule has 2 N–H and O–H groups in total. The molecule has 0 radical (unpaired) electrons. The Morgan fingerprint density at radius 2 is 2.06 bits per heavy atom. The van der Waals surface area contributed by atoms with Gasteiger partial charge in [-0.25, -0.2) is 9.78 Å². The van der Waals surface area contributed by atoms with E-state index in [1.54, 1.807) is 23.5 Å². The van der Waals surface area contributed by atoms with Crippen molar-refractivity contribution in [3.63, 3.8) is 0 Å². The van der Waals surface area contributed by atoms with Crippen LogP contribution in [0.5, 0.6) is 0 Å². The smallest absolute Gasteiger partial charge is 0.475 e. The van der Waals surface area contributed by atoms with E-state index in [9.17, 15) is 18.0 Å². The molecule has 4 heterocycles. The summed E-state index contributed by atoms with van der Waals surface area (Å²) in [5.41, 5.74) is 1.19. The summed E-state index contributed by atoms with van der Waals surface area (Å²) in [5, 5.41) is 17.6. The first-order chi connectivity index (χ1) is 15.2. The van der Waals surface area contributed by atoms with Crippen LogP contribution in [-0.4, -0.2) is 55.9 Å². The van der Waals surface area contributed by atoms with Gasteiger partial charge in [0.2, 0.25) is 0 Å². The van der Waals surface area contributed by atoms with Gasteiger partial charge in [0, 0.05) is 49.9 Å². The van der Waals surface area contributed by atoms with Crippen molar-refractivity contribution in [1.82, 2.24) is 25.0 Å². The molecule has 0 spiro atoms. The van der Waals surface area contributed by atoms with Crippen molar-refractivity contribution in [2.45, 2.75) is 25.8 Å². The number of furan rings is 1. The van der Waals surface area contributed by atoms with Gasteiger partial charge in [0.05, 0.1) is 18.5 Å². The van der Waals surface area contributed by atoms with Crippen molar-refractivity contribution in [3.8, 4) is 0 Å². The van der Waals surface area contributed by atoms with Gasteiger partial charge in [0.1, 0.15) is 5.01 Å². The zero-order valence-corrected chi connectivity index (χ0v) is 17.5. The third-order valence-corrected chi connectivity index (χ3v) is 5.28. The minimum absolute atomic E-state index is 0.179. The second-order valence-electron chi connectivity index (χ2n) is 6.96. The number of rotatable bonds is 5. The summed E-state index contributed by atoms with van der Waals surface area (Å²) in [6.45, 7) is 3.89. The van der Waals surface area contributed by atoms with Crippen molar-refractivity contribution in [2.75, 3.05) is 13.1 Å². The predicted molar refractivity (Wildman–Crippen MR) is 107 cm³/mol. The first-order valence-electron chi connectivity index (χ1n) is 9.45. The molecule has 1 aliphatic rings. The third kappa shape index (κ3) is 6.65. The second-order valence-corrected chi connectivity index (χ2v) is 7.94. The van der Waals surface area contributed by atoms with Crippen LogP contribution in [0.4, 0.5) is 13.2 Å². The molecule has 3 aromatic rings. The Kier molecular flexibility index (Phi) is 7.64. The zero-order valence-electron chi connectivity index (χ0n) is 16.7. The highest BCUT2D eigenvalue weighted by atomic mass is 32.1. The lowest BCUT2D eigenvalue weighted by atomic mass is 10.1. The van der Waals surface area contributed by atoms with Crippen molar-refractivity contribution >= 4 is 23.2 Å². The van der Waals surface area contributed by atoms with E-state index in [0.29, 0.717) is 12.3 Å². The average molecular weight is 471 g/mol. The fraction of sp³-hybridized carbons (Fsp3) is 0.368. The molecule has 0 aromatic carbocycles. The number of carbonyl (C=O) groups is 2. The zero-order chi connectivity index (χ0) is 23.1. The van der Waals surface area contributed by atoms with E-state index in [2.05, 4.69) is 26.4 Å². The molecule has 13 heteroatoms. The molecule has 0 fully saturated rings. The fourth-order valence-electron chi connectivity index (χ4n) is 3.12. The van der Waals surface area contributed by atoms with Crippen molar-refractivity contribution < 1.29 is 32.3 Å². The van der Waals surface area contributed by atoms with Gasteiger partial charge in [0.25, 0.3) is 5.91 Å². The Balaban J connectivity index is 0.000000360. The molecule has 4 rings (SSSR count). The van der Waals surface area contributed by atoms with Gasteiger partial charge in [-0.05, 0) is 18.2 Å². The SMILES string of the molecule is O=C(NCC1CN(Cc2nccs2)Cc2ccnn2C1)c1ccco1.O=C(O)C(F)(F)F. The van der Waals surface area contributed by atoms with Crippen LogP contribution in [0.15, 0.2) is 46.7 Å². The number of hydrogen-bond acceptors (Lipinski definition) is 7. The normalized spacial score (nSPS) is 16.4. The highest BCUT2D eigenvalue weighted by Gasteiger charge is 2.38. The van der Waals surface area contributed by atoms with Gasteiger partial charge in [-0.3, -0.25) is 14.4 Å². The van der Waals surface area contributed by atoms with Crippen LogP contribution in [-0.2, 0) is 24.4 Å². The molecule has 1 amide bonds. The van der Waals surface area contributed by atoms with E-state index in [0.717, 1.165) is 31.2 Å². The molecule has 3 aromatic heterocycles. The van der Waals surface area contributed by atoms with E-state index in [-0.39, 0.29) is 11.8 Å². The minimum atomic E-state index is -5.08. The van der Waals surface area contributed by atoms with Gasteiger partial charge in [-0.1, -0.05) is 0 Å². The van der Waals surface area contributed by atoms with Crippen LogP contribution in [0.2, 0.25) is 0 Å². The highest BCUT2D eigenvalue weighted by Crippen LogP contribution is 2.19. The number of carboxylic acids is 1. The highest BCUT2D eigenvalue weighted by molar-refractivity contribution is 7.09. The summed E-state index contributed by atoms with van der Waals surface area (Å²) in [7, 11) is 0. The van der Waals surface area contributed by atoms with Crippen LogP contribution in [0.1, 0.15) is 21.3 Å². The van der Waals surface area contributed by atoms with Gasteiger partial charge < -0.3 is 14.8 Å². The van der Waals surface area contributed by atoms with Gasteiger partial charge >= 0.3 is 12.1 Å². The molecule has 32 heavy (non-hydrogen) atoms. The molecule has 0 saturated carbocycles. The van der Waals surface area contributed by atoms with E-state index in [1.165, 1.54) is 12.0 Å². The molecule has 1 aliphatic heterocycles. The Morgan fingerprint density at radius 1 is 1.28 bits per heavy atom. The number of thiazole rings is 1. The second kappa shape index (κ2) is 10.4. The van der Waals surface area contributed by atoms with E-state index in [4.69, 9.17) is 14.3 Å². The molecular weight excluding hydrogens is 451 g/mol. The van der Waals surface area contributed by atoms with Crippen LogP contribution >= 0.6 is 11.3 Å². The quantitative estimate of drug-likeness (QED) is 0.588. The van der Waals surface area contributed by atoms with Gasteiger partial charge in [0.15, 0.2) is 5.76 Å². The van der Waals surface area contributed by atoms with Gasteiger partial charge in [-0.15, -0.1) is 11.3 Å². The van der Waals surface area contributed by atoms with Crippen molar-refractivity contribution in [1.29, 1.82) is 0 Å².